The molecule has 0 heterocycles. The molecular formula is C7H2Br5Cl3Si. The number of benzene rings is 1. The average Bonchev–Trinajstić information content (AvgIpc) is 2.17. The summed E-state index contributed by atoms with van der Waals surface area (Å²) in [5.74, 6) is 0. The zero-order valence-electron chi connectivity index (χ0n) is 7.23. The third-order valence-corrected chi connectivity index (χ3v) is 9.89. The van der Waals surface area contributed by atoms with E-state index < -0.39 is 6.00 Å². The predicted octanol–water partition coefficient (Wildman–Crippen LogP) is 7.24. The molecule has 0 radical (unpaired) electrons. The van der Waals surface area contributed by atoms with E-state index in [1.165, 1.54) is 0 Å². The average molecular weight is 620 g/mol. The minimum absolute atomic E-state index is 0.434. The molecule has 0 aliphatic rings. The Bertz CT molecular complexity index is 402. The van der Waals surface area contributed by atoms with Gasteiger partial charge in [-0.2, -0.15) is 0 Å². The third-order valence-electron chi connectivity index (χ3n) is 1.68. The van der Waals surface area contributed by atoms with E-state index in [1.807, 2.05) is 0 Å². The minimum Gasteiger partial charge on any atom is -0.126 e. The fraction of sp³-hybridized carbons (Fsp3) is 0.143. The summed E-state index contributed by atoms with van der Waals surface area (Å²) in [6.07, 6.45) is 0. The standard InChI is InChI=1S/C7H2Br5Cl3Si/c8-3-2(1-16(13,14)15)4(9)6(11)7(12)5(3)10/h1H2. The van der Waals surface area contributed by atoms with Crippen LogP contribution in [0.1, 0.15) is 5.56 Å². The summed E-state index contributed by atoms with van der Waals surface area (Å²) >= 11 is 35.2. The van der Waals surface area contributed by atoms with Gasteiger partial charge in [-0.3, -0.25) is 0 Å². The Hall–Kier alpha value is 2.71. The van der Waals surface area contributed by atoms with Crippen molar-refractivity contribution < 1.29 is 0 Å². The number of hydrogen-bond donors (Lipinski definition) is 0. The fourth-order valence-corrected chi connectivity index (χ4v) is 6.89. The van der Waals surface area contributed by atoms with Gasteiger partial charge in [0.15, 0.2) is 0 Å². The van der Waals surface area contributed by atoms with Crippen LogP contribution in [0.3, 0.4) is 0 Å². The molecule has 90 valence electrons. The van der Waals surface area contributed by atoms with Gasteiger partial charge in [0.2, 0.25) is 0 Å². The van der Waals surface area contributed by atoms with E-state index in [1.54, 1.807) is 0 Å². The van der Waals surface area contributed by atoms with Crippen LogP contribution in [0.2, 0.25) is 0 Å². The molecule has 0 aromatic heterocycles. The first-order valence-corrected chi connectivity index (χ1v) is 12.9. The summed E-state index contributed by atoms with van der Waals surface area (Å²) in [6.45, 7) is 0. The summed E-state index contributed by atoms with van der Waals surface area (Å²) in [6, 6.07) is -2.29. The number of hydrogen-bond acceptors (Lipinski definition) is 0. The molecule has 0 amide bonds. The third kappa shape index (κ3) is 4.10. The molecule has 0 N–H and O–H groups in total. The van der Waals surface area contributed by atoms with E-state index >= 15 is 0 Å². The second-order valence-electron chi connectivity index (χ2n) is 2.84. The van der Waals surface area contributed by atoms with Crippen molar-refractivity contribution >= 4 is 119 Å². The van der Waals surface area contributed by atoms with Crippen molar-refractivity contribution in [3.63, 3.8) is 0 Å². The first kappa shape index (κ1) is 16.8. The number of rotatable bonds is 2. The van der Waals surface area contributed by atoms with Gasteiger partial charge in [-0.25, -0.2) is 0 Å². The van der Waals surface area contributed by atoms with Gasteiger partial charge < -0.3 is 0 Å². The van der Waals surface area contributed by atoms with Crippen LogP contribution in [0.5, 0.6) is 0 Å². The molecule has 0 fully saturated rings. The topological polar surface area (TPSA) is 0 Å². The van der Waals surface area contributed by atoms with E-state index in [0.717, 1.165) is 27.9 Å². The summed E-state index contributed by atoms with van der Waals surface area (Å²) in [7, 11) is 0. The van der Waals surface area contributed by atoms with E-state index in [2.05, 4.69) is 79.6 Å². The Morgan fingerprint density at radius 3 is 1.31 bits per heavy atom. The van der Waals surface area contributed by atoms with E-state index in [0.29, 0.717) is 6.04 Å². The minimum atomic E-state index is -2.72. The highest BCUT2D eigenvalue weighted by Crippen LogP contribution is 2.46. The molecule has 0 aliphatic carbocycles. The lowest BCUT2D eigenvalue weighted by atomic mass is 10.2. The quantitative estimate of drug-likeness (QED) is 0.142. The van der Waals surface area contributed by atoms with Crippen LogP contribution in [-0.4, -0.2) is 6.00 Å². The maximum Gasteiger partial charge on any atom is 0.345 e. The Balaban J connectivity index is 3.40. The van der Waals surface area contributed by atoms with E-state index in [9.17, 15) is 0 Å². The first-order valence-electron chi connectivity index (χ1n) is 3.72. The van der Waals surface area contributed by atoms with Crippen LogP contribution >= 0.6 is 113 Å². The molecule has 0 aliphatic heterocycles. The second kappa shape index (κ2) is 6.44. The lowest BCUT2D eigenvalue weighted by molar-refractivity contribution is 1.28. The van der Waals surface area contributed by atoms with Gasteiger partial charge in [0.1, 0.15) is 0 Å². The summed E-state index contributed by atoms with van der Waals surface area (Å²) in [5.41, 5.74) is 0.939. The van der Waals surface area contributed by atoms with Crippen molar-refractivity contribution in [1.29, 1.82) is 0 Å². The highest BCUT2D eigenvalue weighted by atomic mass is 79.9. The van der Waals surface area contributed by atoms with Gasteiger partial charge in [-0.15, -0.1) is 33.2 Å². The van der Waals surface area contributed by atoms with Crippen LogP contribution in [-0.2, 0) is 6.04 Å². The van der Waals surface area contributed by atoms with Crippen LogP contribution in [0, 0.1) is 0 Å². The maximum atomic E-state index is 5.94. The highest BCUT2D eigenvalue weighted by Gasteiger charge is 2.29. The number of halogens is 8. The van der Waals surface area contributed by atoms with Crippen LogP contribution in [0.15, 0.2) is 22.4 Å². The molecule has 0 saturated carbocycles. The van der Waals surface area contributed by atoms with Crippen molar-refractivity contribution in [1.82, 2.24) is 0 Å². The smallest absolute Gasteiger partial charge is 0.126 e. The van der Waals surface area contributed by atoms with Gasteiger partial charge in [-0.1, -0.05) is 0 Å². The molecule has 1 aromatic rings. The summed E-state index contributed by atoms with van der Waals surface area (Å²) in [5, 5.41) is 0. The Kier molecular flexibility index (Phi) is 6.74. The highest BCUT2D eigenvalue weighted by molar-refractivity contribution is 9.15. The molecule has 0 spiro atoms. The zero-order chi connectivity index (χ0) is 12.7. The van der Waals surface area contributed by atoms with Gasteiger partial charge >= 0.3 is 6.00 Å². The molecule has 0 saturated heterocycles. The largest absolute Gasteiger partial charge is 0.345 e. The fourth-order valence-electron chi connectivity index (χ4n) is 1.01. The zero-order valence-corrected chi connectivity index (χ0v) is 18.4. The van der Waals surface area contributed by atoms with E-state index in [4.69, 9.17) is 33.2 Å². The SMILES string of the molecule is Cl[Si](Cl)(Cl)Cc1c(Br)c(Br)c(Br)c(Br)c1Br. The normalized spacial score (nSPS) is 12.0. The molecule has 0 atom stereocenters. The predicted molar refractivity (Wildman–Crippen MR) is 92.0 cm³/mol. The summed E-state index contributed by atoms with van der Waals surface area (Å²) < 4.78 is 4.45. The Morgan fingerprint density at radius 2 is 1.00 bits per heavy atom. The van der Waals surface area contributed by atoms with E-state index in [-0.39, 0.29) is 0 Å². The molecule has 9 heteroatoms. The van der Waals surface area contributed by atoms with Gasteiger partial charge in [0, 0.05) is 28.4 Å². The molecular weight excluding hydrogens is 618 g/mol. The summed E-state index contributed by atoms with van der Waals surface area (Å²) in [4.78, 5) is 0. The van der Waals surface area contributed by atoms with Gasteiger partial charge in [0.25, 0.3) is 0 Å². The van der Waals surface area contributed by atoms with Crippen molar-refractivity contribution in [2.45, 2.75) is 6.04 Å². The molecule has 0 unspecified atom stereocenters. The first-order chi connectivity index (χ1) is 7.15. The molecule has 16 heavy (non-hydrogen) atoms. The van der Waals surface area contributed by atoms with Crippen molar-refractivity contribution in [2.75, 3.05) is 0 Å². The molecule has 0 bridgehead atoms. The van der Waals surface area contributed by atoms with Crippen molar-refractivity contribution in [3.8, 4) is 0 Å². The lowest BCUT2D eigenvalue weighted by Gasteiger charge is -2.16. The van der Waals surface area contributed by atoms with Crippen LogP contribution in [0.4, 0.5) is 0 Å². The van der Waals surface area contributed by atoms with Gasteiger partial charge in [0.05, 0.1) is 0 Å². The maximum absolute atomic E-state index is 5.94. The van der Waals surface area contributed by atoms with Crippen molar-refractivity contribution in [3.05, 3.63) is 27.9 Å². The monoisotopic (exact) mass is 613 g/mol. The molecule has 1 rings (SSSR count). The van der Waals surface area contributed by atoms with Gasteiger partial charge in [-0.05, 0) is 85.2 Å². The Labute approximate surface area is 151 Å². The molecule has 0 nitrogen and oxygen atoms in total. The molecule has 1 aromatic carbocycles. The van der Waals surface area contributed by atoms with Crippen LogP contribution in [0.25, 0.3) is 0 Å². The lowest BCUT2D eigenvalue weighted by Crippen LogP contribution is -2.15. The van der Waals surface area contributed by atoms with Crippen LogP contribution < -0.4 is 0 Å². The second-order valence-corrected chi connectivity index (χ2v) is 15.9. The Morgan fingerprint density at radius 1 is 0.688 bits per heavy atom. The van der Waals surface area contributed by atoms with Crippen molar-refractivity contribution in [2.24, 2.45) is 0 Å².